The second-order valence-electron chi connectivity index (χ2n) is 3.82. The van der Waals surface area contributed by atoms with E-state index in [-0.39, 0.29) is 5.56 Å². The van der Waals surface area contributed by atoms with Crippen LogP contribution in [0.1, 0.15) is 15.9 Å². The number of methoxy groups -OCH3 is 1. The number of nitrogens with zero attached hydrogens (tertiary/aromatic N) is 1. The molecule has 98 valence electrons. The highest BCUT2D eigenvalue weighted by Crippen LogP contribution is 2.28. The molecule has 5 heteroatoms. The van der Waals surface area contributed by atoms with Gasteiger partial charge in [0.05, 0.1) is 12.7 Å². The fourth-order valence-corrected chi connectivity index (χ4v) is 1.57. The summed E-state index contributed by atoms with van der Waals surface area (Å²) < 4.78 is 10.7. The minimum Gasteiger partial charge on any atom is -0.493 e. The van der Waals surface area contributed by atoms with Gasteiger partial charge >= 0.3 is 5.97 Å². The summed E-state index contributed by atoms with van der Waals surface area (Å²) in [6.45, 7) is 0.299. The molecule has 0 saturated carbocycles. The average molecular weight is 259 g/mol. The van der Waals surface area contributed by atoms with E-state index in [1.165, 1.54) is 19.2 Å². The number of aromatic carboxylic acids is 1. The van der Waals surface area contributed by atoms with Crippen molar-refractivity contribution in [2.24, 2.45) is 0 Å². The van der Waals surface area contributed by atoms with Gasteiger partial charge in [-0.3, -0.25) is 4.98 Å². The Labute approximate surface area is 110 Å². The Kier molecular flexibility index (Phi) is 3.97. The highest BCUT2D eigenvalue weighted by Gasteiger charge is 2.10. The van der Waals surface area contributed by atoms with Gasteiger partial charge in [0.2, 0.25) is 0 Å². The lowest BCUT2D eigenvalue weighted by Gasteiger charge is -2.11. The Morgan fingerprint density at radius 1 is 1.32 bits per heavy atom. The molecular formula is C14H13NO4. The van der Waals surface area contributed by atoms with E-state index in [1.807, 2.05) is 12.1 Å². The van der Waals surface area contributed by atoms with Gasteiger partial charge in [-0.25, -0.2) is 4.79 Å². The summed E-state index contributed by atoms with van der Waals surface area (Å²) in [6, 6.07) is 8.17. The maximum absolute atomic E-state index is 10.9. The fourth-order valence-electron chi connectivity index (χ4n) is 1.57. The summed E-state index contributed by atoms with van der Waals surface area (Å²) >= 11 is 0. The van der Waals surface area contributed by atoms with Crippen molar-refractivity contribution in [3.8, 4) is 11.5 Å². The third-order valence-corrected chi connectivity index (χ3v) is 2.53. The van der Waals surface area contributed by atoms with Gasteiger partial charge in [0.1, 0.15) is 6.61 Å². The van der Waals surface area contributed by atoms with Crippen molar-refractivity contribution in [1.29, 1.82) is 0 Å². The van der Waals surface area contributed by atoms with Crippen LogP contribution in [0.2, 0.25) is 0 Å². The number of pyridine rings is 1. The summed E-state index contributed by atoms with van der Waals surface area (Å²) in [5.41, 5.74) is 1.05. The van der Waals surface area contributed by atoms with Crippen LogP contribution in [0.15, 0.2) is 42.7 Å². The molecule has 1 N–H and O–H groups in total. The molecular weight excluding hydrogens is 246 g/mol. The summed E-state index contributed by atoms with van der Waals surface area (Å²) in [5.74, 6) is -0.117. The molecule has 0 atom stereocenters. The number of benzene rings is 1. The first-order chi connectivity index (χ1) is 9.20. The molecule has 2 aromatic rings. The number of aromatic nitrogens is 1. The van der Waals surface area contributed by atoms with Crippen molar-refractivity contribution < 1.29 is 19.4 Å². The van der Waals surface area contributed by atoms with Crippen molar-refractivity contribution in [2.75, 3.05) is 7.11 Å². The highest BCUT2D eigenvalue weighted by molar-refractivity contribution is 5.88. The molecule has 0 amide bonds. The zero-order valence-electron chi connectivity index (χ0n) is 10.4. The molecule has 1 aromatic carbocycles. The van der Waals surface area contributed by atoms with Crippen LogP contribution in [0.25, 0.3) is 0 Å². The van der Waals surface area contributed by atoms with Crippen LogP contribution in [0.3, 0.4) is 0 Å². The van der Waals surface area contributed by atoms with E-state index in [2.05, 4.69) is 4.98 Å². The van der Waals surface area contributed by atoms with Crippen molar-refractivity contribution in [3.05, 3.63) is 53.9 Å². The van der Waals surface area contributed by atoms with E-state index >= 15 is 0 Å². The van der Waals surface area contributed by atoms with Gasteiger partial charge in [-0.2, -0.15) is 0 Å². The average Bonchev–Trinajstić information content (AvgIpc) is 2.45. The molecule has 19 heavy (non-hydrogen) atoms. The molecule has 1 aromatic heterocycles. The van der Waals surface area contributed by atoms with E-state index in [9.17, 15) is 4.79 Å². The number of rotatable bonds is 5. The Morgan fingerprint density at radius 3 is 2.79 bits per heavy atom. The van der Waals surface area contributed by atoms with Crippen LogP contribution in [-0.4, -0.2) is 23.2 Å². The van der Waals surface area contributed by atoms with Crippen molar-refractivity contribution >= 4 is 5.97 Å². The van der Waals surface area contributed by atoms with Crippen LogP contribution < -0.4 is 9.47 Å². The zero-order valence-corrected chi connectivity index (χ0v) is 10.4. The summed E-state index contributed by atoms with van der Waals surface area (Å²) in [4.78, 5) is 14.9. The third kappa shape index (κ3) is 3.22. The maximum atomic E-state index is 10.9. The van der Waals surface area contributed by atoms with E-state index in [0.717, 1.165) is 5.56 Å². The first-order valence-corrected chi connectivity index (χ1v) is 5.63. The van der Waals surface area contributed by atoms with Gasteiger partial charge in [-0.1, -0.05) is 6.07 Å². The lowest BCUT2D eigenvalue weighted by molar-refractivity contribution is 0.0696. The monoisotopic (exact) mass is 259 g/mol. The van der Waals surface area contributed by atoms with Crippen molar-refractivity contribution in [3.63, 3.8) is 0 Å². The summed E-state index contributed by atoms with van der Waals surface area (Å²) in [7, 11) is 1.51. The molecule has 2 rings (SSSR count). The number of carbonyl (C=O) groups is 1. The zero-order chi connectivity index (χ0) is 13.7. The normalized spacial score (nSPS) is 9.95. The Balaban J connectivity index is 2.18. The number of carboxylic acids is 1. The van der Waals surface area contributed by atoms with Gasteiger partial charge in [-0.15, -0.1) is 0 Å². The molecule has 1 heterocycles. The van der Waals surface area contributed by atoms with Gasteiger partial charge in [-0.05, 0) is 24.3 Å². The lowest BCUT2D eigenvalue weighted by atomic mass is 10.2. The second-order valence-corrected chi connectivity index (χ2v) is 3.82. The Hall–Kier alpha value is -2.56. The van der Waals surface area contributed by atoms with E-state index < -0.39 is 5.97 Å². The van der Waals surface area contributed by atoms with E-state index in [1.54, 1.807) is 18.5 Å². The van der Waals surface area contributed by atoms with Crippen molar-refractivity contribution in [1.82, 2.24) is 4.98 Å². The summed E-state index contributed by atoms with van der Waals surface area (Å²) in [6.07, 6.45) is 3.36. The first kappa shape index (κ1) is 12.9. The van der Waals surface area contributed by atoms with Crippen LogP contribution in [0.5, 0.6) is 11.5 Å². The molecule has 0 fully saturated rings. The number of hydrogen-bond acceptors (Lipinski definition) is 4. The maximum Gasteiger partial charge on any atom is 0.335 e. The quantitative estimate of drug-likeness (QED) is 0.892. The standard InChI is InChI=1S/C14H13NO4/c1-18-12-5-4-11(14(16)17)7-13(12)19-9-10-3-2-6-15-8-10/h2-8H,9H2,1H3,(H,16,17). The molecule has 0 radical (unpaired) electrons. The first-order valence-electron chi connectivity index (χ1n) is 5.63. The highest BCUT2D eigenvalue weighted by atomic mass is 16.5. The molecule has 0 aliphatic rings. The predicted octanol–water partition coefficient (Wildman–Crippen LogP) is 2.37. The largest absolute Gasteiger partial charge is 0.493 e. The number of ether oxygens (including phenoxy) is 2. The fraction of sp³-hybridized carbons (Fsp3) is 0.143. The molecule has 0 unspecified atom stereocenters. The minimum atomic E-state index is -1.01. The van der Waals surface area contributed by atoms with Crippen LogP contribution in [0.4, 0.5) is 0 Å². The van der Waals surface area contributed by atoms with Gasteiger partial charge in [0.25, 0.3) is 0 Å². The SMILES string of the molecule is COc1ccc(C(=O)O)cc1OCc1cccnc1. The molecule has 0 aliphatic heterocycles. The van der Waals surface area contributed by atoms with Crippen molar-refractivity contribution in [2.45, 2.75) is 6.61 Å². The van der Waals surface area contributed by atoms with E-state index in [0.29, 0.717) is 18.1 Å². The number of hydrogen-bond donors (Lipinski definition) is 1. The molecule has 0 bridgehead atoms. The topological polar surface area (TPSA) is 68.7 Å². The van der Waals surface area contributed by atoms with Crippen LogP contribution in [-0.2, 0) is 6.61 Å². The van der Waals surface area contributed by atoms with E-state index in [4.69, 9.17) is 14.6 Å². The van der Waals surface area contributed by atoms with Gasteiger partial charge in [0, 0.05) is 18.0 Å². The molecule has 0 aliphatic carbocycles. The van der Waals surface area contributed by atoms with Crippen LogP contribution >= 0.6 is 0 Å². The number of carboxylic acid groups (broad SMARTS) is 1. The molecule has 0 spiro atoms. The molecule has 5 nitrogen and oxygen atoms in total. The molecule has 0 saturated heterocycles. The smallest absolute Gasteiger partial charge is 0.335 e. The van der Waals surface area contributed by atoms with Gasteiger partial charge in [0.15, 0.2) is 11.5 Å². The third-order valence-electron chi connectivity index (χ3n) is 2.53. The lowest BCUT2D eigenvalue weighted by Crippen LogP contribution is -2.01. The Morgan fingerprint density at radius 2 is 2.16 bits per heavy atom. The second kappa shape index (κ2) is 5.86. The van der Waals surface area contributed by atoms with Crippen LogP contribution in [0, 0.1) is 0 Å². The Bertz CT molecular complexity index is 569. The van der Waals surface area contributed by atoms with Gasteiger partial charge < -0.3 is 14.6 Å². The predicted molar refractivity (Wildman–Crippen MR) is 68.5 cm³/mol. The minimum absolute atomic E-state index is 0.155. The summed E-state index contributed by atoms with van der Waals surface area (Å²) in [5, 5.41) is 8.95.